The number of para-hydroxylation sites is 1. The molecule has 0 bridgehead atoms. The first-order valence-corrected chi connectivity index (χ1v) is 5.90. The minimum absolute atomic E-state index is 0.999. The molecule has 2 nitrogen and oxygen atoms in total. The average molecular weight is 222 g/mol. The van der Waals surface area contributed by atoms with E-state index >= 15 is 0 Å². The molecule has 0 saturated heterocycles. The number of benzene rings is 1. The molecule has 1 aromatic carbocycles. The molecule has 1 N–H and O–H groups in total. The van der Waals surface area contributed by atoms with Gasteiger partial charge in [0.25, 0.3) is 0 Å². The normalized spacial score (nSPS) is 10.9. The van der Waals surface area contributed by atoms with Crippen molar-refractivity contribution < 1.29 is 0 Å². The van der Waals surface area contributed by atoms with Gasteiger partial charge < -0.3 is 4.98 Å². The van der Waals surface area contributed by atoms with Crippen molar-refractivity contribution in [2.24, 2.45) is 0 Å². The van der Waals surface area contributed by atoms with Gasteiger partial charge in [-0.3, -0.25) is 4.98 Å². The second-order valence-corrected chi connectivity index (χ2v) is 4.18. The topological polar surface area (TPSA) is 28.7 Å². The van der Waals surface area contributed by atoms with Crippen LogP contribution in [0.15, 0.2) is 48.7 Å². The van der Waals surface area contributed by atoms with E-state index in [-0.39, 0.29) is 0 Å². The minimum atomic E-state index is 0.999. The van der Waals surface area contributed by atoms with Crippen LogP contribution in [0.5, 0.6) is 0 Å². The van der Waals surface area contributed by atoms with Crippen LogP contribution in [0.4, 0.5) is 0 Å². The minimum Gasteiger partial charge on any atom is -0.353 e. The Morgan fingerprint density at radius 1 is 1.12 bits per heavy atom. The quantitative estimate of drug-likeness (QED) is 0.702. The van der Waals surface area contributed by atoms with Crippen molar-refractivity contribution >= 4 is 10.9 Å². The van der Waals surface area contributed by atoms with Gasteiger partial charge in [-0.25, -0.2) is 0 Å². The van der Waals surface area contributed by atoms with Gasteiger partial charge in [0, 0.05) is 17.1 Å². The van der Waals surface area contributed by atoms with Gasteiger partial charge in [-0.2, -0.15) is 0 Å². The second-order valence-electron chi connectivity index (χ2n) is 4.18. The number of hydrogen-bond donors (Lipinski definition) is 1. The maximum absolute atomic E-state index is 4.48. The van der Waals surface area contributed by atoms with Gasteiger partial charge in [-0.05, 0) is 30.2 Å². The second kappa shape index (κ2) is 4.06. The first-order chi connectivity index (χ1) is 8.36. The van der Waals surface area contributed by atoms with E-state index in [4.69, 9.17) is 0 Å². The standard InChI is InChI=1S/C15H14N2/c1-2-11-7-8-14(16-10-11)15-9-12-5-3-4-6-13(12)17-15/h3-10,17H,2H2,1H3. The van der Waals surface area contributed by atoms with Gasteiger partial charge in [0.2, 0.25) is 0 Å². The third kappa shape index (κ3) is 1.82. The number of aryl methyl sites for hydroxylation is 1. The Kier molecular flexibility index (Phi) is 2.41. The van der Waals surface area contributed by atoms with Crippen LogP contribution in [-0.2, 0) is 6.42 Å². The van der Waals surface area contributed by atoms with Gasteiger partial charge in [-0.1, -0.05) is 31.2 Å². The predicted octanol–water partition coefficient (Wildman–Crippen LogP) is 3.79. The van der Waals surface area contributed by atoms with E-state index < -0.39 is 0 Å². The molecule has 2 aromatic heterocycles. The van der Waals surface area contributed by atoms with Crippen LogP contribution in [0, 0.1) is 0 Å². The molecule has 3 rings (SSSR count). The van der Waals surface area contributed by atoms with Crippen LogP contribution < -0.4 is 0 Å². The van der Waals surface area contributed by atoms with Crippen LogP contribution in [-0.4, -0.2) is 9.97 Å². The van der Waals surface area contributed by atoms with E-state index in [1.54, 1.807) is 0 Å². The lowest BCUT2D eigenvalue weighted by Crippen LogP contribution is -1.86. The number of fused-ring (bicyclic) bond motifs is 1. The van der Waals surface area contributed by atoms with E-state index in [9.17, 15) is 0 Å². The largest absolute Gasteiger partial charge is 0.353 e. The number of nitrogens with one attached hydrogen (secondary N) is 1. The lowest BCUT2D eigenvalue weighted by atomic mass is 10.2. The molecule has 0 amide bonds. The van der Waals surface area contributed by atoms with Crippen LogP contribution in [0.1, 0.15) is 12.5 Å². The Bertz CT molecular complexity index is 602. The summed E-state index contributed by atoms with van der Waals surface area (Å²) in [5, 5.41) is 1.23. The maximum atomic E-state index is 4.48. The first kappa shape index (κ1) is 10.1. The highest BCUT2D eigenvalue weighted by molar-refractivity contribution is 5.85. The van der Waals surface area contributed by atoms with E-state index in [2.05, 4.69) is 47.2 Å². The summed E-state index contributed by atoms with van der Waals surface area (Å²) in [6, 6.07) is 14.6. The van der Waals surface area contributed by atoms with Crippen LogP contribution in [0.25, 0.3) is 22.3 Å². The zero-order valence-corrected chi connectivity index (χ0v) is 9.77. The first-order valence-electron chi connectivity index (χ1n) is 5.90. The highest BCUT2D eigenvalue weighted by Crippen LogP contribution is 2.22. The van der Waals surface area contributed by atoms with Crippen molar-refractivity contribution in [2.75, 3.05) is 0 Å². The number of nitrogens with zero attached hydrogens (tertiary/aromatic N) is 1. The molecule has 0 spiro atoms. The van der Waals surface area contributed by atoms with Crippen molar-refractivity contribution in [1.82, 2.24) is 9.97 Å². The zero-order chi connectivity index (χ0) is 11.7. The van der Waals surface area contributed by atoms with Gasteiger partial charge in [0.05, 0.1) is 11.4 Å². The summed E-state index contributed by atoms with van der Waals surface area (Å²) in [7, 11) is 0. The van der Waals surface area contributed by atoms with Crippen molar-refractivity contribution in [3.8, 4) is 11.4 Å². The highest BCUT2D eigenvalue weighted by atomic mass is 14.8. The summed E-state index contributed by atoms with van der Waals surface area (Å²) in [6.07, 6.45) is 2.97. The molecule has 0 radical (unpaired) electrons. The highest BCUT2D eigenvalue weighted by Gasteiger charge is 2.03. The summed E-state index contributed by atoms with van der Waals surface area (Å²) < 4.78 is 0. The van der Waals surface area contributed by atoms with Crippen molar-refractivity contribution in [3.63, 3.8) is 0 Å². The number of aromatic nitrogens is 2. The number of aromatic amines is 1. The predicted molar refractivity (Wildman–Crippen MR) is 70.9 cm³/mol. The van der Waals surface area contributed by atoms with Crippen molar-refractivity contribution in [3.05, 3.63) is 54.2 Å². The number of H-pyrrole nitrogens is 1. The Morgan fingerprint density at radius 2 is 2.00 bits per heavy atom. The molecule has 0 aliphatic carbocycles. The zero-order valence-electron chi connectivity index (χ0n) is 9.77. The fourth-order valence-electron chi connectivity index (χ4n) is 2.00. The Balaban J connectivity index is 2.07. The average Bonchev–Trinajstić information content (AvgIpc) is 2.82. The van der Waals surface area contributed by atoms with E-state index in [1.165, 1.54) is 10.9 Å². The molecule has 0 atom stereocenters. The monoisotopic (exact) mass is 222 g/mol. The fraction of sp³-hybridized carbons (Fsp3) is 0.133. The van der Waals surface area contributed by atoms with Crippen molar-refractivity contribution in [2.45, 2.75) is 13.3 Å². The van der Waals surface area contributed by atoms with Gasteiger partial charge in [-0.15, -0.1) is 0 Å². The van der Waals surface area contributed by atoms with Crippen LogP contribution in [0.2, 0.25) is 0 Å². The Labute approximate surface area is 100 Å². The van der Waals surface area contributed by atoms with Crippen LogP contribution in [0.3, 0.4) is 0 Å². The summed E-state index contributed by atoms with van der Waals surface area (Å²) in [5.74, 6) is 0. The van der Waals surface area contributed by atoms with E-state index in [1.807, 2.05) is 18.3 Å². The maximum Gasteiger partial charge on any atom is 0.0864 e. The number of hydrogen-bond acceptors (Lipinski definition) is 1. The molecule has 84 valence electrons. The number of pyridine rings is 1. The summed E-state index contributed by atoms with van der Waals surface area (Å²) in [6.45, 7) is 2.14. The molecule has 0 fully saturated rings. The molecule has 2 heterocycles. The molecule has 0 unspecified atom stereocenters. The van der Waals surface area contributed by atoms with E-state index in [0.29, 0.717) is 0 Å². The molecular formula is C15H14N2. The third-order valence-corrected chi connectivity index (χ3v) is 3.04. The molecular weight excluding hydrogens is 208 g/mol. The van der Waals surface area contributed by atoms with E-state index in [0.717, 1.165) is 23.3 Å². The molecule has 0 aliphatic heterocycles. The lowest BCUT2D eigenvalue weighted by molar-refractivity contribution is 1.10. The Morgan fingerprint density at radius 3 is 2.71 bits per heavy atom. The Hall–Kier alpha value is -2.09. The summed E-state index contributed by atoms with van der Waals surface area (Å²) >= 11 is 0. The van der Waals surface area contributed by atoms with Gasteiger partial charge in [0.1, 0.15) is 0 Å². The fourth-order valence-corrected chi connectivity index (χ4v) is 2.00. The molecule has 0 aliphatic rings. The molecule has 3 aromatic rings. The van der Waals surface area contributed by atoms with Gasteiger partial charge in [0.15, 0.2) is 0 Å². The molecule has 17 heavy (non-hydrogen) atoms. The number of rotatable bonds is 2. The van der Waals surface area contributed by atoms with Gasteiger partial charge >= 0.3 is 0 Å². The molecule has 0 saturated carbocycles. The lowest BCUT2D eigenvalue weighted by Gasteiger charge is -1.98. The summed E-state index contributed by atoms with van der Waals surface area (Å²) in [5.41, 5.74) is 4.50. The smallest absolute Gasteiger partial charge is 0.0864 e. The summed E-state index contributed by atoms with van der Waals surface area (Å²) in [4.78, 5) is 7.87. The SMILES string of the molecule is CCc1ccc(-c2cc3ccccc3[nH]2)nc1. The molecule has 2 heteroatoms. The third-order valence-electron chi connectivity index (χ3n) is 3.04. The van der Waals surface area contributed by atoms with Crippen molar-refractivity contribution in [1.29, 1.82) is 0 Å². The van der Waals surface area contributed by atoms with Crippen LogP contribution >= 0.6 is 0 Å².